The average molecular weight is 309 g/mol. The summed E-state index contributed by atoms with van der Waals surface area (Å²) in [5, 5.41) is 1.23. The highest BCUT2D eigenvalue weighted by molar-refractivity contribution is 5.80. The number of piperazine rings is 1. The number of anilines is 1. The van der Waals surface area contributed by atoms with Gasteiger partial charge < -0.3 is 4.90 Å². The Kier molecular flexibility index (Phi) is 4.47. The maximum absolute atomic E-state index is 4.85. The predicted octanol–water partition coefficient (Wildman–Crippen LogP) is 3.94. The van der Waals surface area contributed by atoms with Gasteiger partial charge in [0.05, 0.1) is 5.52 Å². The van der Waals surface area contributed by atoms with Gasteiger partial charge >= 0.3 is 0 Å². The molecule has 0 spiro atoms. The summed E-state index contributed by atoms with van der Waals surface area (Å²) in [4.78, 5) is 9.97. The van der Waals surface area contributed by atoms with Crippen LogP contribution >= 0.6 is 0 Å². The van der Waals surface area contributed by atoms with E-state index in [2.05, 4.69) is 46.2 Å². The smallest absolute Gasteiger partial charge is 0.129 e. The lowest BCUT2D eigenvalue weighted by molar-refractivity contribution is 0.192. The molecule has 1 aliphatic carbocycles. The van der Waals surface area contributed by atoms with E-state index in [-0.39, 0.29) is 0 Å². The van der Waals surface area contributed by atoms with Gasteiger partial charge in [-0.3, -0.25) is 4.90 Å². The molecule has 1 aromatic carbocycles. The number of fused-ring (bicyclic) bond motifs is 1. The lowest BCUT2D eigenvalue weighted by atomic mass is 9.89. The Morgan fingerprint density at radius 3 is 2.48 bits per heavy atom. The highest BCUT2D eigenvalue weighted by Gasteiger charge is 2.22. The third kappa shape index (κ3) is 3.50. The summed E-state index contributed by atoms with van der Waals surface area (Å²) in [7, 11) is 0. The number of pyridine rings is 1. The Morgan fingerprint density at radius 2 is 1.65 bits per heavy atom. The molecular weight excluding hydrogens is 282 g/mol. The molecule has 2 fully saturated rings. The van der Waals surface area contributed by atoms with Crippen LogP contribution in [0.5, 0.6) is 0 Å². The van der Waals surface area contributed by atoms with E-state index in [1.54, 1.807) is 0 Å². The van der Waals surface area contributed by atoms with E-state index in [4.69, 9.17) is 4.98 Å². The summed E-state index contributed by atoms with van der Waals surface area (Å²) >= 11 is 0. The number of rotatable bonds is 3. The van der Waals surface area contributed by atoms with Gasteiger partial charge in [-0.15, -0.1) is 0 Å². The lowest BCUT2D eigenvalue weighted by Gasteiger charge is -2.37. The van der Waals surface area contributed by atoms with Crippen LogP contribution in [-0.2, 0) is 0 Å². The van der Waals surface area contributed by atoms with Gasteiger partial charge in [0.25, 0.3) is 0 Å². The summed E-state index contributed by atoms with van der Waals surface area (Å²) in [6, 6.07) is 12.8. The number of aromatic nitrogens is 1. The molecule has 0 bridgehead atoms. The van der Waals surface area contributed by atoms with Crippen LogP contribution in [0.3, 0.4) is 0 Å². The molecule has 3 heteroatoms. The topological polar surface area (TPSA) is 19.4 Å². The highest BCUT2D eigenvalue weighted by Crippen LogP contribution is 2.25. The minimum Gasteiger partial charge on any atom is -0.354 e. The van der Waals surface area contributed by atoms with E-state index in [9.17, 15) is 0 Å². The Hall–Kier alpha value is -1.61. The van der Waals surface area contributed by atoms with Crippen molar-refractivity contribution < 1.29 is 0 Å². The normalized spacial score (nSPS) is 21.0. The van der Waals surface area contributed by atoms with Crippen LogP contribution in [-0.4, -0.2) is 42.6 Å². The zero-order valence-corrected chi connectivity index (χ0v) is 14.0. The van der Waals surface area contributed by atoms with Crippen LogP contribution in [0.15, 0.2) is 36.4 Å². The molecule has 0 N–H and O–H groups in total. The highest BCUT2D eigenvalue weighted by atomic mass is 15.3. The molecular formula is C20H27N3. The molecule has 23 heavy (non-hydrogen) atoms. The van der Waals surface area contributed by atoms with Gasteiger partial charge in [0.1, 0.15) is 5.82 Å². The van der Waals surface area contributed by atoms with E-state index in [0.717, 1.165) is 30.3 Å². The van der Waals surface area contributed by atoms with Crippen LogP contribution in [0.2, 0.25) is 0 Å². The summed E-state index contributed by atoms with van der Waals surface area (Å²) in [6.45, 7) is 5.91. The monoisotopic (exact) mass is 309 g/mol. The standard InChI is InChI=1S/C20H27N3/c1-2-6-17(7-3-1)16-22-12-14-23(15-13-22)20-11-10-18-8-4-5-9-19(18)21-20/h4-5,8-11,17H,1-3,6-7,12-16H2. The quantitative estimate of drug-likeness (QED) is 0.856. The zero-order valence-electron chi connectivity index (χ0n) is 14.0. The van der Waals surface area contributed by atoms with E-state index in [0.29, 0.717) is 0 Å². The first-order valence-electron chi connectivity index (χ1n) is 9.21. The maximum atomic E-state index is 4.85. The summed E-state index contributed by atoms with van der Waals surface area (Å²) in [5.74, 6) is 2.09. The Morgan fingerprint density at radius 1 is 0.870 bits per heavy atom. The molecule has 3 nitrogen and oxygen atoms in total. The van der Waals surface area contributed by atoms with Gasteiger partial charge in [-0.05, 0) is 37.0 Å². The Bertz CT molecular complexity index is 640. The lowest BCUT2D eigenvalue weighted by Crippen LogP contribution is -2.48. The number of benzene rings is 1. The van der Waals surface area contributed by atoms with Crippen molar-refractivity contribution in [2.24, 2.45) is 5.92 Å². The number of hydrogen-bond donors (Lipinski definition) is 0. The summed E-state index contributed by atoms with van der Waals surface area (Å²) in [5.41, 5.74) is 1.11. The van der Waals surface area contributed by atoms with Gasteiger partial charge in [-0.2, -0.15) is 0 Å². The van der Waals surface area contributed by atoms with Crippen molar-refractivity contribution in [1.82, 2.24) is 9.88 Å². The SMILES string of the molecule is c1ccc2nc(N3CCN(CC4CCCCC4)CC3)ccc2c1. The largest absolute Gasteiger partial charge is 0.354 e. The molecule has 1 saturated carbocycles. The summed E-state index contributed by atoms with van der Waals surface area (Å²) < 4.78 is 0. The molecule has 2 aromatic rings. The van der Waals surface area contributed by atoms with Crippen molar-refractivity contribution in [3.8, 4) is 0 Å². The van der Waals surface area contributed by atoms with Gasteiger partial charge in [-0.1, -0.05) is 37.5 Å². The molecule has 1 aliphatic heterocycles. The van der Waals surface area contributed by atoms with Crippen LogP contribution in [0.4, 0.5) is 5.82 Å². The second-order valence-corrected chi connectivity index (χ2v) is 7.15. The number of hydrogen-bond acceptors (Lipinski definition) is 3. The second-order valence-electron chi connectivity index (χ2n) is 7.15. The predicted molar refractivity (Wildman–Crippen MR) is 97.0 cm³/mol. The van der Waals surface area contributed by atoms with Crippen molar-refractivity contribution in [3.63, 3.8) is 0 Å². The zero-order chi connectivity index (χ0) is 15.5. The Balaban J connectivity index is 1.36. The average Bonchev–Trinajstić information content (AvgIpc) is 2.63. The van der Waals surface area contributed by atoms with Crippen LogP contribution in [0.1, 0.15) is 32.1 Å². The molecule has 2 heterocycles. The molecule has 1 saturated heterocycles. The fraction of sp³-hybridized carbons (Fsp3) is 0.550. The van der Waals surface area contributed by atoms with Gasteiger partial charge in [0.2, 0.25) is 0 Å². The molecule has 1 aromatic heterocycles. The first-order chi connectivity index (χ1) is 11.4. The van der Waals surface area contributed by atoms with Crippen LogP contribution in [0, 0.1) is 5.92 Å². The van der Waals surface area contributed by atoms with E-state index in [1.807, 2.05) is 0 Å². The molecule has 0 radical (unpaired) electrons. The van der Waals surface area contributed by atoms with Crippen LogP contribution < -0.4 is 4.90 Å². The fourth-order valence-electron chi connectivity index (χ4n) is 4.13. The van der Waals surface area contributed by atoms with Crippen molar-refractivity contribution in [1.29, 1.82) is 0 Å². The molecule has 122 valence electrons. The minimum atomic E-state index is 0.953. The fourth-order valence-corrected chi connectivity index (χ4v) is 4.13. The number of para-hydroxylation sites is 1. The summed E-state index contributed by atoms with van der Waals surface area (Å²) in [6.07, 6.45) is 7.26. The first-order valence-corrected chi connectivity index (χ1v) is 9.21. The van der Waals surface area contributed by atoms with Gasteiger partial charge in [-0.25, -0.2) is 4.98 Å². The molecule has 4 rings (SSSR count). The van der Waals surface area contributed by atoms with Gasteiger partial charge in [0.15, 0.2) is 0 Å². The second kappa shape index (κ2) is 6.88. The van der Waals surface area contributed by atoms with Crippen LogP contribution in [0.25, 0.3) is 10.9 Å². The molecule has 0 amide bonds. The molecule has 2 aliphatic rings. The van der Waals surface area contributed by atoms with E-state index < -0.39 is 0 Å². The van der Waals surface area contributed by atoms with Crippen molar-refractivity contribution >= 4 is 16.7 Å². The first kappa shape index (κ1) is 14.9. The maximum Gasteiger partial charge on any atom is 0.129 e. The molecule has 0 atom stereocenters. The third-order valence-corrected chi connectivity index (χ3v) is 5.52. The Labute approximate surface area is 139 Å². The van der Waals surface area contributed by atoms with E-state index >= 15 is 0 Å². The number of nitrogens with zero attached hydrogens (tertiary/aromatic N) is 3. The van der Waals surface area contributed by atoms with Crippen molar-refractivity contribution in [3.05, 3.63) is 36.4 Å². The van der Waals surface area contributed by atoms with E-state index in [1.165, 1.54) is 57.1 Å². The third-order valence-electron chi connectivity index (χ3n) is 5.52. The minimum absolute atomic E-state index is 0.953. The molecule has 0 unspecified atom stereocenters. The van der Waals surface area contributed by atoms with Crippen molar-refractivity contribution in [2.45, 2.75) is 32.1 Å². The van der Waals surface area contributed by atoms with Gasteiger partial charge in [0, 0.05) is 38.1 Å². The van der Waals surface area contributed by atoms with Crippen molar-refractivity contribution in [2.75, 3.05) is 37.6 Å².